The fourth-order valence-corrected chi connectivity index (χ4v) is 3.19. The number of rotatable bonds is 4. The van der Waals surface area contributed by atoms with Gasteiger partial charge in [0.2, 0.25) is 0 Å². The molecule has 0 fully saturated rings. The molecule has 1 aliphatic heterocycles. The first-order valence-electron chi connectivity index (χ1n) is 8.26. The average Bonchev–Trinajstić information content (AvgIpc) is 2.96. The number of hydrogen-bond acceptors (Lipinski definition) is 5. The summed E-state index contributed by atoms with van der Waals surface area (Å²) < 4.78 is 13.3. The Labute approximate surface area is 145 Å². The van der Waals surface area contributed by atoms with Gasteiger partial charge in [-0.05, 0) is 42.7 Å². The first-order valence-corrected chi connectivity index (χ1v) is 8.26. The van der Waals surface area contributed by atoms with Crippen LogP contribution >= 0.6 is 0 Å². The molecule has 2 aromatic carbocycles. The molecule has 1 atom stereocenters. The maximum atomic E-state index is 13.3. The maximum Gasteiger partial charge on any atom is 0.252 e. The quantitative estimate of drug-likeness (QED) is 0.788. The largest absolute Gasteiger partial charge is 0.365 e. The highest BCUT2D eigenvalue weighted by Gasteiger charge is 2.29. The van der Waals surface area contributed by atoms with Crippen LogP contribution in [0.15, 0.2) is 54.7 Å². The minimum absolute atomic E-state index is 0.247. The van der Waals surface area contributed by atoms with Crippen LogP contribution in [-0.4, -0.2) is 21.2 Å². The second kappa shape index (κ2) is 6.47. The summed E-state index contributed by atoms with van der Waals surface area (Å²) >= 11 is 0. The fourth-order valence-electron chi connectivity index (χ4n) is 3.19. The first-order chi connectivity index (χ1) is 12.2. The zero-order chi connectivity index (χ0) is 17.2. The van der Waals surface area contributed by atoms with E-state index in [2.05, 4.69) is 44.5 Å². The molecule has 0 radical (unpaired) electrons. The van der Waals surface area contributed by atoms with Crippen molar-refractivity contribution in [1.82, 2.24) is 15.2 Å². The molecule has 3 aromatic rings. The highest BCUT2D eigenvalue weighted by atomic mass is 19.1. The Morgan fingerprint density at radius 3 is 2.96 bits per heavy atom. The van der Waals surface area contributed by atoms with Gasteiger partial charge in [-0.2, -0.15) is 10.1 Å². The summed E-state index contributed by atoms with van der Waals surface area (Å²) in [5.41, 5.74) is 3.26. The van der Waals surface area contributed by atoms with Crippen LogP contribution in [0.5, 0.6) is 0 Å². The molecule has 1 aromatic heterocycles. The molecule has 1 N–H and O–H groups in total. The van der Waals surface area contributed by atoms with Crippen molar-refractivity contribution in [2.45, 2.75) is 25.9 Å². The van der Waals surface area contributed by atoms with Gasteiger partial charge in [-0.1, -0.05) is 30.3 Å². The van der Waals surface area contributed by atoms with Gasteiger partial charge in [0.15, 0.2) is 5.82 Å². The standard InChI is InChI=1S/C19H18FN5/c1-13-9-15-6-2-3-8-17(15)25(13)19-23-18(12-22-24-19)21-11-14-5-4-7-16(20)10-14/h2-8,10,12-13H,9,11H2,1H3,(H,21,23,24). The Kier molecular flexibility index (Phi) is 4.01. The Hall–Kier alpha value is -3.02. The van der Waals surface area contributed by atoms with Crippen molar-refractivity contribution in [1.29, 1.82) is 0 Å². The molecule has 6 heteroatoms. The van der Waals surface area contributed by atoms with Crippen LogP contribution in [-0.2, 0) is 13.0 Å². The number of nitrogens with one attached hydrogen (secondary N) is 1. The third-order valence-electron chi connectivity index (χ3n) is 4.33. The Morgan fingerprint density at radius 2 is 2.08 bits per heavy atom. The maximum absolute atomic E-state index is 13.3. The topological polar surface area (TPSA) is 53.9 Å². The summed E-state index contributed by atoms with van der Waals surface area (Å²) in [5.74, 6) is 0.941. The lowest BCUT2D eigenvalue weighted by molar-refractivity contribution is 0.626. The van der Waals surface area contributed by atoms with Gasteiger partial charge in [-0.25, -0.2) is 4.39 Å². The number of para-hydroxylation sites is 1. The first kappa shape index (κ1) is 15.5. The molecule has 1 unspecified atom stereocenters. The van der Waals surface area contributed by atoms with E-state index in [4.69, 9.17) is 0 Å². The van der Waals surface area contributed by atoms with Crippen LogP contribution in [0.3, 0.4) is 0 Å². The van der Waals surface area contributed by atoms with Crippen molar-refractivity contribution in [3.8, 4) is 0 Å². The van der Waals surface area contributed by atoms with E-state index in [0.717, 1.165) is 17.7 Å². The van der Waals surface area contributed by atoms with Crippen molar-refractivity contribution in [3.05, 3.63) is 71.7 Å². The third kappa shape index (κ3) is 3.15. The molecule has 0 amide bonds. The van der Waals surface area contributed by atoms with Crippen LogP contribution in [0.25, 0.3) is 0 Å². The molecule has 1 aliphatic rings. The Morgan fingerprint density at radius 1 is 1.20 bits per heavy atom. The van der Waals surface area contributed by atoms with Gasteiger partial charge >= 0.3 is 0 Å². The van der Waals surface area contributed by atoms with Gasteiger partial charge in [-0.3, -0.25) is 0 Å². The number of benzene rings is 2. The normalized spacial score (nSPS) is 15.9. The van der Waals surface area contributed by atoms with Crippen molar-refractivity contribution in [2.75, 3.05) is 10.2 Å². The highest BCUT2D eigenvalue weighted by Crippen LogP contribution is 2.36. The van der Waals surface area contributed by atoms with E-state index in [9.17, 15) is 4.39 Å². The Balaban J connectivity index is 1.56. The van der Waals surface area contributed by atoms with E-state index in [0.29, 0.717) is 18.3 Å². The van der Waals surface area contributed by atoms with E-state index in [1.54, 1.807) is 12.3 Å². The molecule has 0 spiro atoms. The number of hydrogen-bond donors (Lipinski definition) is 1. The lowest BCUT2D eigenvalue weighted by Gasteiger charge is -2.22. The zero-order valence-electron chi connectivity index (χ0n) is 13.9. The van der Waals surface area contributed by atoms with Crippen LogP contribution in [0.1, 0.15) is 18.1 Å². The number of fused-ring (bicyclic) bond motifs is 1. The fraction of sp³-hybridized carbons (Fsp3) is 0.211. The van der Waals surface area contributed by atoms with Crippen molar-refractivity contribution in [2.24, 2.45) is 0 Å². The van der Waals surface area contributed by atoms with Crippen molar-refractivity contribution >= 4 is 17.5 Å². The summed E-state index contributed by atoms with van der Waals surface area (Å²) in [6.07, 6.45) is 2.54. The van der Waals surface area contributed by atoms with E-state index in [1.165, 1.54) is 17.7 Å². The molecule has 0 saturated heterocycles. The number of halogens is 1. The Bertz CT molecular complexity index is 898. The van der Waals surface area contributed by atoms with Gasteiger partial charge in [0.25, 0.3) is 5.95 Å². The molecular weight excluding hydrogens is 317 g/mol. The molecule has 0 aliphatic carbocycles. The van der Waals surface area contributed by atoms with Gasteiger partial charge in [0.1, 0.15) is 5.82 Å². The third-order valence-corrected chi connectivity index (χ3v) is 4.33. The SMILES string of the molecule is CC1Cc2ccccc2N1c1nncc(NCc2cccc(F)c2)n1. The molecule has 4 rings (SSSR count). The van der Waals surface area contributed by atoms with Gasteiger partial charge in [-0.15, -0.1) is 5.10 Å². The average molecular weight is 335 g/mol. The number of anilines is 3. The summed E-state index contributed by atoms with van der Waals surface area (Å²) in [7, 11) is 0. The molecule has 126 valence electrons. The summed E-state index contributed by atoms with van der Waals surface area (Å²) in [6.45, 7) is 2.62. The molecule has 0 saturated carbocycles. The molecule has 5 nitrogen and oxygen atoms in total. The van der Waals surface area contributed by atoms with Crippen LogP contribution in [0, 0.1) is 5.82 Å². The van der Waals surface area contributed by atoms with Crippen LogP contribution < -0.4 is 10.2 Å². The van der Waals surface area contributed by atoms with E-state index < -0.39 is 0 Å². The number of nitrogens with zero attached hydrogens (tertiary/aromatic N) is 4. The second-order valence-electron chi connectivity index (χ2n) is 6.18. The second-order valence-corrected chi connectivity index (χ2v) is 6.18. The number of aromatic nitrogens is 3. The van der Waals surface area contributed by atoms with Gasteiger partial charge < -0.3 is 10.2 Å². The van der Waals surface area contributed by atoms with E-state index in [1.807, 2.05) is 18.2 Å². The van der Waals surface area contributed by atoms with E-state index >= 15 is 0 Å². The zero-order valence-corrected chi connectivity index (χ0v) is 13.9. The van der Waals surface area contributed by atoms with Gasteiger partial charge in [0.05, 0.1) is 6.20 Å². The smallest absolute Gasteiger partial charge is 0.252 e. The monoisotopic (exact) mass is 335 g/mol. The van der Waals surface area contributed by atoms with Gasteiger partial charge in [0, 0.05) is 18.3 Å². The van der Waals surface area contributed by atoms with Crippen LogP contribution in [0.2, 0.25) is 0 Å². The lowest BCUT2D eigenvalue weighted by Crippen LogP contribution is -2.26. The molecule has 25 heavy (non-hydrogen) atoms. The van der Waals surface area contributed by atoms with Crippen molar-refractivity contribution in [3.63, 3.8) is 0 Å². The predicted molar refractivity (Wildman–Crippen MR) is 95.3 cm³/mol. The highest BCUT2D eigenvalue weighted by molar-refractivity contribution is 5.67. The molecule has 0 bridgehead atoms. The minimum atomic E-state index is -0.247. The van der Waals surface area contributed by atoms with Crippen molar-refractivity contribution < 1.29 is 4.39 Å². The van der Waals surface area contributed by atoms with E-state index in [-0.39, 0.29) is 11.9 Å². The predicted octanol–water partition coefficient (Wildman–Crippen LogP) is 3.71. The summed E-state index contributed by atoms with van der Waals surface area (Å²) in [5, 5.41) is 11.5. The molecule has 2 heterocycles. The summed E-state index contributed by atoms with van der Waals surface area (Å²) in [4.78, 5) is 6.70. The minimum Gasteiger partial charge on any atom is -0.365 e. The lowest BCUT2D eigenvalue weighted by atomic mass is 10.1. The molecular formula is C19H18FN5. The summed E-state index contributed by atoms with van der Waals surface area (Å²) in [6, 6.07) is 15.0. The van der Waals surface area contributed by atoms with Crippen LogP contribution in [0.4, 0.5) is 21.8 Å².